The van der Waals surface area contributed by atoms with E-state index in [4.69, 9.17) is 5.11 Å². The molecule has 2 heterocycles. The quantitative estimate of drug-likeness (QED) is 0.883. The van der Waals surface area contributed by atoms with Crippen molar-refractivity contribution in [2.24, 2.45) is 5.92 Å². The van der Waals surface area contributed by atoms with Gasteiger partial charge >= 0.3 is 12.0 Å². The minimum Gasteiger partial charge on any atom is -0.481 e. The molecular weight excluding hydrogens is 308 g/mol. The monoisotopic (exact) mass is 334 g/mol. The first-order valence-corrected chi connectivity index (χ1v) is 8.79. The second-order valence-electron chi connectivity index (χ2n) is 7.17. The number of likely N-dealkylation sites (tertiary alicyclic amines) is 1. The molecule has 7 nitrogen and oxygen atoms in total. The normalized spacial score (nSPS) is 23.9. The standard InChI is InChI=1S/C17H26N4O3/c1-11(2)21-15-8-14(6-5-12(15)9-18-21)19-17(24)20-7-3-4-13(10-20)16(22)23/h9,11,13-14H,3-8,10H2,1-2H3,(H,19,24)(H,22,23). The van der Waals surface area contributed by atoms with Gasteiger partial charge in [-0.05, 0) is 45.1 Å². The van der Waals surface area contributed by atoms with Gasteiger partial charge < -0.3 is 15.3 Å². The van der Waals surface area contributed by atoms with Crippen LogP contribution in [0.5, 0.6) is 0 Å². The minimum absolute atomic E-state index is 0.0874. The van der Waals surface area contributed by atoms with E-state index in [0.717, 1.165) is 25.7 Å². The molecule has 2 N–H and O–H groups in total. The highest BCUT2D eigenvalue weighted by Gasteiger charge is 2.30. The van der Waals surface area contributed by atoms with Crippen molar-refractivity contribution in [3.05, 3.63) is 17.5 Å². The van der Waals surface area contributed by atoms with Crippen molar-refractivity contribution in [1.82, 2.24) is 20.0 Å². The van der Waals surface area contributed by atoms with E-state index in [1.807, 2.05) is 10.9 Å². The van der Waals surface area contributed by atoms with Crippen molar-refractivity contribution < 1.29 is 14.7 Å². The van der Waals surface area contributed by atoms with Crippen LogP contribution in [0.2, 0.25) is 0 Å². The first-order valence-electron chi connectivity index (χ1n) is 8.79. The largest absolute Gasteiger partial charge is 0.481 e. The Morgan fingerprint density at radius 1 is 1.38 bits per heavy atom. The average molecular weight is 334 g/mol. The first kappa shape index (κ1) is 16.8. The Labute approximate surface area is 142 Å². The Hall–Kier alpha value is -2.05. The lowest BCUT2D eigenvalue weighted by atomic mass is 9.93. The molecule has 1 saturated heterocycles. The summed E-state index contributed by atoms with van der Waals surface area (Å²) >= 11 is 0. The van der Waals surface area contributed by atoms with Crippen LogP contribution in [0, 0.1) is 5.92 Å². The number of aromatic nitrogens is 2. The van der Waals surface area contributed by atoms with Gasteiger partial charge in [-0.15, -0.1) is 0 Å². The van der Waals surface area contributed by atoms with Crippen molar-refractivity contribution in [2.45, 2.75) is 58.0 Å². The number of piperidine rings is 1. The zero-order chi connectivity index (χ0) is 17.3. The number of hydrogen-bond donors (Lipinski definition) is 2. The van der Waals surface area contributed by atoms with Crippen LogP contribution in [-0.2, 0) is 17.6 Å². The van der Waals surface area contributed by atoms with Gasteiger partial charge in [-0.2, -0.15) is 5.10 Å². The highest BCUT2D eigenvalue weighted by molar-refractivity contribution is 5.76. The predicted molar refractivity (Wildman–Crippen MR) is 88.9 cm³/mol. The number of carboxylic acids is 1. The van der Waals surface area contributed by atoms with Crippen LogP contribution in [0.15, 0.2) is 6.20 Å². The Balaban J connectivity index is 1.61. The van der Waals surface area contributed by atoms with Crippen LogP contribution in [0.4, 0.5) is 4.79 Å². The smallest absolute Gasteiger partial charge is 0.317 e. The summed E-state index contributed by atoms with van der Waals surface area (Å²) in [5.74, 6) is -1.25. The number of carbonyl (C=O) groups excluding carboxylic acids is 1. The molecule has 3 rings (SSSR count). The Morgan fingerprint density at radius 2 is 2.17 bits per heavy atom. The van der Waals surface area contributed by atoms with E-state index in [1.165, 1.54) is 11.3 Å². The average Bonchev–Trinajstić information content (AvgIpc) is 2.98. The number of carbonyl (C=O) groups is 2. The molecule has 0 saturated carbocycles. The molecule has 0 radical (unpaired) electrons. The third-order valence-electron chi connectivity index (χ3n) is 5.06. The Morgan fingerprint density at radius 3 is 2.88 bits per heavy atom. The van der Waals surface area contributed by atoms with Crippen LogP contribution in [-0.4, -0.2) is 50.9 Å². The Bertz CT molecular complexity index is 625. The number of rotatable bonds is 3. The van der Waals surface area contributed by atoms with Gasteiger partial charge in [-0.1, -0.05) is 0 Å². The summed E-state index contributed by atoms with van der Waals surface area (Å²) in [6.45, 7) is 5.16. The Kier molecular flexibility index (Phi) is 4.78. The number of urea groups is 1. The maximum absolute atomic E-state index is 12.5. The van der Waals surface area contributed by atoms with E-state index in [2.05, 4.69) is 24.3 Å². The summed E-state index contributed by atoms with van der Waals surface area (Å²) < 4.78 is 2.04. The van der Waals surface area contributed by atoms with Gasteiger partial charge in [0, 0.05) is 37.3 Å². The van der Waals surface area contributed by atoms with Crippen molar-refractivity contribution in [2.75, 3.05) is 13.1 Å². The fourth-order valence-electron chi connectivity index (χ4n) is 3.72. The number of hydrogen-bond acceptors (Lipinski definition) is 3. The van der Waals surface area contributed by atoms with E-state index in [0.29, 0.717) is 25.6 Å². The minimum atomic E-state index is -0.810. The van der Waals surface area contributed by atoms with Gasteiger partial charge in [0.05, 0.1) is 12.1 Å². The van der Waals surface area contributed by atoms with Gasteiger partial charge in [0.25, 0.3) is 0 Å². The molecular formula is C17H26N4O3. The molecule has 2 atom stereocenters. The lowest BCUT2D eigenvalue weighted by Crippen LogP contribution is -2.50. The number of carboxylic acid groups (broad SMARTS) is 1. The van der Waals surface area contributed by atoms with Crippen LogP contribution in [0.3, 0.4) is 0 Å². The van der Waals surface area contributed by atoms with Gasteiger partial charge in [0.2, 0.25) is 0 Å². The third-order valence-corrected chi connectivity index (χ3v) is 5.06. The zero-order valence-corrected chi connectivity index (χ0v) is 14.4. The van der Waals surface area contributed by atoms with Crippen molar-refractivity contribution in [3.63, 3.8) is 0 Å². The van der Waals surface area contributed by atoms with Crippen LogP contribution in [0.1, 0.15) is 50.4 Å². The maximum Gasteiger partial charge on any atom is 0.317 e. The third kappa shape index (κ3) is 3.39. The second-order valence-corrected chi connectivity index (χ2v) is 7.17. The molecule has 1 aromatic rings. The molecule has 7 heteroatoms. The topological polar surface area (TPSA) is 87.5 Å². The predicted octanol–water partition coefficient (Wildman–Crippen LogP) is 1.83. The van der Waals surface area contributed by atoms with Gasteiger partial charge in [-0.3, -0.25) is 9.48 Å². The number of aryl methyl sites for hydroxylation is 1. The van der Waals surface area contributed by atoms with E-state index in [1.54, 1.807) is 4.90 Å². The van der Waals surface area contributed by atoms with Crippen LogP contribution >= 0.6 is 0 Å². The van der Waals surface area contributed by atoms with Crippen LogP contribution < -0.4 is 5.32 Å². The SMILES string of the molecule is CC(C)n1ncc2c1CC(NC(=O)N1CCCC(C(=O)O)C1)CC2. The van der Waals surface area contributed by atoms with Crippen LogP contribution in [0.25, 0.3) is 0 Å². The summed E-state index contributed by atoms with van der Waals surface area (Å²) in [7, 11) is 0. The molecule has 1 aromatic heterocycles. The summed E-state index contributed by atoms with van der Waals surface area (Å²) in [6, 6.07) is 0.260. The molecule has 24 heavy (non-hydrogen) atoms. The molecule has 1 aliphatic carbocycles. The molecule has 132 valence electrons. The second kappa shape index (κ2) is 6.83. The number of fused-ring (bicyclic) bond motifs is 1. The molecule has 0 aromatic carbocycles. The fraction of sp³-hybridized carbons (Fsp3) is 0.706. The number of amides is 2. The summed E-state index contributed by atoms with van der Waals surface area (Å²) in [5, 5.41) is 16.7. The van der Waals surface area contributed by atoms with E-state index in [-0.39, 0.29) is 12.1 Å². The summed E-state index contributed by atoms with van der Waals surface area (Å²) in [4.78, 5) is 25.3. The van der Waals surface area contributed by atoms with Gasteiger partial charge in [0.1, 0.15) is 0 Å². The molecule has 2 aliphatic rings. The van der Waals surface area contributed by atoms with E-state index >= 15 is 0 Å². The number of aliphatic carboxylic acids is 1. The van der Waals surface area contributed by atoms with E-state index in [9.17, 15) is 9.59 Å². The van der Waals surface area contributed by atoms with Crippen molar-refractivity contribution in [3.8, 4) is 0 Å². The fourth-order valence-corrected chi connectivity index (χ4v) is 3.72. The van der Waals surface area contributed by atoms with Gasteiger partial charge in [0.15, 0.2) is 0 Å². The summed E-state index contributed by atoms with van der Waals surface area (Å²) in [6.07, 6.45) is 5.95. The molecule has 2 amide bonds. The van der Waals surface area contributed by atoms with Crippen molar-refractivity contribution >= 4 is 12.0 Å². The van der Waals surface area contributed by atoms with Gasteiger partial charge in [-0.25, -0.2) is 4.79 Å². The lowest BCUT2D eigenvalue weighted by molar-refractivity contribution is -0.143. The van der Waals surface area contributed by atoms with E-state index < -0.39 is 11.9 Å². The highest BCUT2D eigenvalue weighted by atomic mass is 16.4. The lowest BCUT2D eigenvalue weighted by Gasteiger charge is -2.33. The molecule has 0 spiro atoms. The maximum atomic E-state index is 12.5. The number of nitrogens with one attached hydrogen (secondary N) is 1. The summed E-state index contributed by atoms with van der Waals surface area (Å²) in [5.41, 5.74) is 2.49. The van der Waals surface area contributed by atoms with Crippen molar-refractivity contribution in [1.29, 1.82) is 0 Å². The highest BCUT2D eigenvalue weighted by Crippen LogP contribution is 2.24. The molecule has 1 aliphatic heterocycles. The number of nitrogens with zero attached hydrogens (tertiary/aromatic N) is 3. The first-order chi connectivity index (χ1) is 11.5. The molecule has 0 bridgehead atoms. The molecule has 2 unspecified atom stereocenters. The zero-order valence-electron chi connectivity index (χ0n) is 14.4. The molecule has 1 fully saturated rings.